The number of aromatic nitrogens is 4. The lowest BCUT2D eigenvalue weighted by atomic mass is 10.3. The molecule has 1 atom stereocenters. The lowest BCUT2D eigenvalue weighted by Crippen LogP contribution is -2.28. The normalized spacial score (nSPS) is 15.5. The number of amides is 1. The van der Waals surface area contributed by atoms with E-state index in [-0.39, 0.29) is 11.9 Å². The molecule has 1 aliphatic rings. The van der Waals surface area contributed by atoms with Crippen molar-refractivity contribution in [2.24, 2.45) is 5.92 Å². The summed E-state index contributed by atoms with van der Waals surface area (Å²) >= 11 is 0. The van der Waals surface area contributed by atoms with Gasteiger partial charge in [-0.2, -0.15) is 0 Å². The summed E-state index contributed by atoms with van der Waals surface area (Å²) in [5.41, 5.74) is 1.02. The van der Waals surface area contributed by atoms with Crippen molar-refractivity contribution >= 4 is 11.9 Å². The van der Waals surface area contributed by atoms with E-state index < -0.39 is 6.10 Å². The Kier molecular flexibility index (Phi) is 4.43. The molecule has 0 bridgehead atoms. The molecule has 116 valence electrons. The Labute approximate surface area is 128 Å². The molecule has 0 unspecified atom stereocenters. The van der Waals surface area contributed by atoms with Gasteiger partial charge in [-0.15, -0.1) is 5.10 Å². The van der Waals surface area contributed by atoms with Gasteiger partial charge in [0.25, 0.3) is 5.91 Å². The molecule has 7 heteroatoms. The highest BCUT2D eigenvalue weighted by Crippen LogP contribution is 2.29. The molecule has 1 aliphatic carbocycles. The van der Waals surface area contributed by atoms with Gasteiger partial charge in [0, 0.05) is 12.4 Å². The quantitative estimate of drug-likeness (QED) is 0.837. The largest absolute Gasteiger partial charge is 0.368 e. The molecule has 0 spiro atoms. The zero-order valence-electron chi connectivity index (χ0n) is 12.5. The average Bonchev–Trinajstić information content (AvgIpc) is 3.26. The van der Waals surface area contributed by atoms with Gasteiger partial charge in [0.05, 0.1) is 13.2 Å². The number of nitrogens with zero attached hydrogens (tertiary/aromatic N) is 4. The molecule has 2 heterocycles. The Morgan fingerprint density at radius 1 is 1.55 bits per heavy atom. The summed E-state index contributed by atoms with van der Waals surface area (Å²) in [5.74, 6) is 0.697. The first-order valence-electron chi connectivity index (χ1n) is 7.41. The maximum atomic E-state index is 12.0. The molecule has 0 radical (unpaired) electrons. The highest BCUT2D eigenvalue weighted by Gasteiger charge is 2.24. The molecule has 1 saturated carbocycles. The molecule has 3 rings (SSSR count). The third kappa shape index (κ3) is 4.11. The predicted molar refractivity (Wildman–Crippen MR) is 80.1 cm³/mol. The molecule has 1 N–H and O–H groups in total. The van der Waals surface area contributed by atoms with Crippen LogP contribution < -0.4 is 5.32 Å². The Hall–Kier alpha value is -2.28. The van der Waals surface area contributed by atoms with Crippen LogP contribution in [0.1, 0.15) is 25.3 Å². The Morgan fingerprint density at radius 3 is 3.14 bits per heavy atom. The van der Waals surface area contributed by atoms with Crippen molar-refractivity contribution in [3.8, 4) is 0 Å². The Balaban J connectivity index is 1.51. The third-order valence-corrected chi connectivity index (χ3v) is 3.49. The topological polar surface area (TPSA) is 81.9 Å². The van der Waals surface area contributed by atoms with E-state index in [4.69, 9.17) is 4.74 Å². The van der Waals surface area contributed by atoms with Crippen LogP contribution in [0.2, 0.25) is 0 Å². The van der Waals surface area contributed by atoms with Crippen LogP contribution >= 0.6 is 0 Å². The van der Waals surface area contributed by atoms with Gasteiger partial charge in [-0.25, -0.2) is 9.67 Å². The second-order valence-electron chi connectivity index (χ2n) is 5.54. The minimum atomic E-state index is -0.495. The van der Waals surface area contributed by atoms with E-state index in [2.05, 4.69) is 20.4 Å². The molecule has 0 aliphatic heterocycles. The SMILES string of the molecule is C[C@@H](OCC1CC1)C(=O)Nc1ncn(Cc2cccnc2)n1. The van der Waals surface area contributed by atoms with Gasteiger partial charge in [-0.05, 0) is 37.3 Å². The number of carbonyl (C=O) groups excluding carboxylic acids is 1. The first-order chi connectivity index (χ1) is 10.7. The molecular weight excluding hydrogens is 282 g/mol. The number of hydrogen-bond acceptors (Lipinski definition) is 5. The average molecular weight is 301 g/mol. The highest BCUT2D eigenvalue weighted by atomic mass is 16.5. The maximum absolute atomic E-state index is 12.0. The van der Waals surface area contributed by atoms with Crippen LogP contribution in [0.3, 0.4) is 0 Å². The second-order valence-corrected chi connectivity index (χ2v) is 5.54. The fourth-order valence-electron chi connectivity index (χ4n) is 1.96. The number of carbonyl (C=O) groups is 1. The lowest BCUT2D eigenvalue weighted by molar-refractivity contribution is -0.126. The number of nitrogens with one attached hydrogen (secondary N) is 1. The molecule has 7 nitrogen and oxygen atoms in total. The zero-order valence-corrected chi connectivity index (χ0v) is 12.5. The molecule has 0 saturated heterocycles. The molecule has 1 amide bonds. The van der Waals surface area contributed by atoms with Crippen molar-refractivity contribution in [2.45, 2.75) is 32.4 Å². The number of ether oxygens (including phenoxy) is 1. The predicted octanol–water partition coefficient (Wildman–Crippen LogP) is 1.47. The van der Waals surface area contributed by atoms with E-state index >= 15 is 0 Å². The molecular formula is C15H19N5O2. The van der Waals surface area contributed by atoms with Gasteiger partial charge in [0.2, 0.25) is 5.95 Å². The monoisotopic (exact) mass is 301 g/mol. The minimum absolute atomic E-state index is 0.222. The summed E-state index contributed by atoms with van der Waals surface area (Å²) < 4.78 is 7.17. The standard InChI is InChI=1S/C15H19N5O2/c1-11(22-9-12-4-5-12)14(21)18-15-17-10-20(19-15)8-13-3-2-6-16-7-13/h2-3,6-7,10-12H,4-5,8-9H2,1H3,(H,18,19,21)/t11-/m1/s1. The lowest BCUT2D eigenvalue weighted by Gasteiger charge is -2.11. The summed E-state index contributed by atoms with van der Waals surface area (Å²) in [6.45, 7) is 2.95. The van der Waals surface area contributed by atoms with E-state index in [1.807, 2.05) is 12.1 Å². The zero-order chi connectivity index (χ0) is 15.4. The summed E-state index contributed by atoms with van der Waals surface area (Å²) in [6, 6.07) is 3.83. The van der Waals surface area contributed by atoms with E-state index in [0.717, 1.165) is 5.56 Å². The first kappa shape index (κ1) is 14.6. The summed E-state index contributed by atoms with van der Waals surface area (Å²) in [4.78, 5) is 20.1. The van der Waals surface area contributed by atoms with Gasteiger partial charge < -0.3 is 4.74 Å². The second kappa shape index (κ2) is 6.65. The summed E-state index contributed by atoms with van der Waals surface area (Å²) in [6.07, 6.45) is 6.99. The van der Waals surface area contributed by atoms with Crippen LogP contribution in [0, 0.1) is 5.92 Å². The Bertz CT molecular complexity index is 624. The van der Waals surface area contributed by atoms with Crippen LogP contribution in [0.4, 0.5) is 5.95 Å². The van der Waals surface area contributed by atoms with Crippen LogP contribution in [0.5, 0.6) is 0 Å². The van der Waals surface area contributed by atoms with Crippen LogP contribution in [-0.2, 0) is 16.1 Å². The van der Waals surface area contributed by atoms with Crippen molar-refractivity contribution in [3.05, 3.63) is 36.4 Å². The minimum Gasteiger partial charge on any atom is -0.368 e. The number of rotatable bonds is 7. The number of anilines is 1. The molecule has 1 fully saturated rings. The van der Waals surface area contributed by atoms with Gasteiger partial charge >= 0.3 is 0 Å². The van der Waals surface area contributed by atoms with Crippen molar-refractivity contribution in [3.63, 3.8) is 0 Å². The van der Waals surface area contributed by atoms with Gasteiger partial charge in [0.1, 0.15) is 12.4 Å². The Morgan fingerprint density at radius 2 is 2.41 bits per heavy atom. The fraction of sp³-hybridized carbons (Fsp3) is 0.467. The van der Waals surface area contributed by atoms with Crippen molar-refractivity contribution in [1.82, 2.24) is 19.7 Å². The van der Waals surface area contributed by atoms with Gasteiger partial charge in [-0.1, -0.05) is 6.07 Å². The molecule has 2 aromatic rings. The van der Waals surface area contributed by atoms with E-state index in [1.165, 1.54) is 12.8 Å². The van der Waals surface area contributed by atoms with Crippen LogP contribution in [-0.4, -0.2) is 38.4 Å². The van der Waals surface area contributed by atoms with Crippen LogP contribution in [0.15, 0.2) is 30.9 Å². The van der Waals surface area contributed by atoms with Crippen molar-refractivity contribution in [2.75, 3.05) is 11.9 Å². The van der Waals surface area contributed by atoms with Crippen LogP contribution in [0.25, 0.3) is 0 Å². The highest BCUT2D eigenvalue weighted by molar-refractivity contribution is 5.92. The number of pyridine rings is 1. The number of hydrogen-bond donors (Lipinski definition) is 1. The third-order valence-electron chi connectivity index (χ3n) is 3.49. The molecule has 0 aromatic carbocycles. The smallest absolute Gasteiger partial charge is 0.255 e. The fourth-order valence-corrected chi connectivity index (χ4v) is 1.96. The maximum Gasteiger partial charge on any atom is 0.255 e. The first-order valence-corrected chi connectivity index (χ1v) is 7.41. The summed E-state index contributed by atoms with van der Waals surface area (Å²) in [7, 11) is 0. The molecule has 2 aromatic heterocycles. The van der Waals surface area contributed by atoms with E-state index in [9.17, 15) is 4.79 Å². The van der Waals surface area contributed by atoms with E-state index in [0.29, 0.717) is 19.1 Å². The van der Waals surface area contributed by atoms with E-state index in [1.54, 1.807) is 30.3 Å². The van der Waals surface area contributed by atoms with Crippen molar-refractivity contribution in [1.29, 1.82) is 0 Å². The van der Waals surface area contributed by atoms with Gasteiger partial charge in [0.15, 0.2) is 0 Å². The van der Waals surface area contributed by atoms with Crippen molar-refractivity contribution < 1.29 is 9.53 Å². The van der Waals surface area contributed by atoms with Gasteiger partial charge in [-0.3, -0.25) is 15.1 Å². The molecule has 22 heavy (non-hydrogen) atoms. The summed E-state index contributed by atoms with van der Waals surface area (Å²) in [5, 5.41) is 6.90.